The van der Waals surface area contributed by atoms with Gasteiger partial charge in [0.05, 0.1) is 11.1 Å². The van der Waals surface area contributed by atoms with Crippen molar-refractivity contribution in [2.75, 3.05) is 13.2 Å². The molecule has 4 aromatic rings. The van der Waals surface area contributed by atoms with Gasteiger partial charge in [-0.05, 0) is 84.2 Å². The standard InChI is InChI=1S/C27H26BrClN4O4S/c1-4-36-24-14-20(13-23(28)26(24)37-16-19-6-5-7-21(29)12-19)25(15-32(34)35)38-27-31-30-18(3)33(27)22-10-8-17(2)9-11-22/h5-14,25H,4,15-16H2,1-3H3/t25-/m0/s1. The van der Waals surface area contributed by atoms with Crippen LogP contribution in [-0.2, 0) is 6.61 Å². The molecule has 0 saturated heterocycles. The molecular weight excluding hydrogens is 592 g/mol. The third-order valence-corrected chi connectivity index (χ3v) is 7.63. The maximum Gasteiger partial charge on any atom is 0.220 e. The van der Waals surface area contributed by atoms with Crippen molar-refractivity contribution in [3.63, 3.8) is 0 Å². The fourth-order valence-electron chi connectivity index (χ4n) is 3.84. The quantitative estimate of drug-likeness (QED) is 0.0984. The Hall–Kier alpha value is -3.08. The fraction of sp³-hybridized carbons (Fsp3) is 0.259. The number of benzene rings is 3. The summed E-state index contributed by atoms with van der Waals surface area (Å²) in [6, 6.07) is 19.0. The molecule has 1 heterocycles. The van der Waals surface area contributed by atoms with E-state index < -0.39 is 5.25 Å². The number of thioether (sulfide) groups is 1. The zero-order chi connectivity index (χ0) is 27.2. The van der Waals surface area contributed by atoms with Gasteiger partial charge >= 0.3 is 0 Å². The van der Waals surface area contributed by atoms with Crippen LogP contribution in [0.1, 0.15) is 34.7 Å². The Kier molecular flexibility index (Phi) is 9.30. The molecule has 8 nitrogen and oxygen atoms in total. The van der Waals surface area contributed by atoms with Crippen molar-refractivity contribution in [1.82, 2.24) is 14.8 Å². The van der Waals surface area contributed by atoms with Crippen molar-refractivity contribution in [2.24, 2.45) is 0 Å². The number of nitro groups is 1. The summed E-state index contributed by atoms with van der Waals surface area (Å²) in [6.45, 7) is 6.11. The van der Waals surface area contributed by atoms with Crippen molar-refractivity contribution in [3.05, 3.63) is 103 Å². The van der Waals surface area contributed by atoms with E-state index in [1.165, 1.54) is 11.8 Å². The Morgan fingerprint density at radius 3 is 2.55 bits per heavy atom. The first kappa shape index (κ1) is 27.9. The average molecular weight is 618 g/mol. The van der Waals surface area contributed by atoms with Gasteiger partial charge in [-0.15, -0.1) is 10.2 Å². The molecule has 1 atom stereocenters. The Morgan fingerprint density at radius 2 is 1.87 bits per heavy atom. The van der Waals surface area contributed by atoms with Crippen LogP contribution in [0, 0.1) is 24.0 Å². The fourth-order valence-corrected chi connectivity index (χ4v) is 5.78. The Bertz CT molecular complexity index is 1430. The van der Waals surface area contributed by atoms with Gasteiger partial charge in [-0.2, -0.15) is 0 Å². The molecule has 0 amide bonds. The second-order valence-electron chi connectivity index (χ2n) is 8.50. The summed E-state index contributed by atoms with van der Waals surface area (Å²) >= 11 is 11.0. The highest BCUT2D eigenvalue weighted by Gasteiger charge is 2.26. The molecule has 4 rings (SSSR count). The van der Waals surface area contributed by atoms with E-state index in [1.54, 1.807) is 12.1 Å². The Labute approximate surface area is 238 Å². The van der Waals surface area contributed by atoms with Crippen LogP contribution in [0.5, 0.6) is 11.5 Å². The summed E-state index contributed by atoms with van der Waals surface area (Å²) in [4.78, 5) is 11.4. The highest BCUT2D eigenvalue weighted by atomic mass is 79.9. The van der Waals surface area contributed by atoms with E-state index in [-0.39, 0.29) is 18.1 Å². The molecule has 198 valence electrons. The lowest BCUT2D eigenvalue weighted by atomic mass is 10.1. The predicted molar refractivity (Wildman–Crippen MR) is 152 cm³/mol. The maximum absolute atomic E-state index is 11.7. The summed E-state index contributed by atoms with van der Waals surface area (Å²) in [7, 11) is 0. The van der Waals surface area contributed by atoms with Gasteiger partial charge in [0.15, 0.2) is 16.7 Å². The normalized spacial score (nSPS) is 11.8. The Balaban J connectivity index is 1.67. The van der Waals surface area contributed by atoms with Crippen molar-refractivity contribution in [3.8, 4) is 17.2 Å². The summed E-state index contributed by atoms with van der Waals surface area (Å²) < 4.78 is 14.5. The molecule has 3 aromatic carbocycles. The third-order valence-electron chi connectivity index (χ3n) is 5.63. The van der Waals surface area contributed by atoms with Gasteiger partial charge in [-0.3, -0.25) is 14.7 Å². The lowest BCUT2D eigenvalue weighted by Gasteiger charge is -2.19. The highest BCUT2D eigenvalue weighted by Crippen LogP contribution is 2.43. The van der Waals surface area contributed by atoms with Gasteiger partial charge < -0.3 is 9.47 Å². The van der Waals surface area contributed by atoms with E-state index in [1.807, 2.05) is 73.9 Å². The Morgan fingerprint density at radius 1 is 1.11 bits per heavy atom. The summed E-state index contributed by atoms with van der Waals surface area (Å²) in [5, 5.41) is 20.9. The highest BCUT2D eigenvalue weighted by molar-refractivity contribution is 9.10. The second kappa shape index (κ2) is 12.6. The molecule has 0 N–H and O–H groups in total. The van der Waals surface area contributed by atoms with E-state index in [0.717, 1.165) is 16.8 Å². The zero-order valence-corrected chi connectivity index (χ0v) is 24.2. The van der Waals surface area contributed by atoms with Crippen LogP contribution in [0.4, 0.5) is 0 Å². The van der Waals surface area contributed by atoms with E-state index in [4.69, 9.17) is 21.1 Å². The number of aryl methyl sites for hydroxylation is 2. The van der Waals surface area contributed by atoms with Gasteiger partial charge in [0, 0.05) is 15.6 Å². The van der Waals surface area contributed by atoms with Gasteiger partial charge in [-0.1, -0.05) is 53.2 Å². The largest absolute Gasteiger partial charge is 0.490 e. The van der Waals surface area contributed by atoms with Crippen LogP contribution in [0.25, 0.3) is 5.69 Å². The van der Waals surface area contributed by atoms with E-state index in [0.29, 0.717) is 44.1 Å². The van der Waals surface area contributed by atoms with Crippen molar-refractivity contribution < 1.29 is 14.4 Å². The van der Waals surface area contributed by atoms with Gasteiger partial charge in [0.1, 0.15) is 17.7 Å². The van der Waals surface area contributed by atoms with Crippen molar-refractivity contribution >= 4 is 39.3 Å². The number of nitrogens with zero attached hydrogens (tertiary/aromatic N) is 4. The smallest absolute Gasteiger partial charge is 0.220 e. The number of aromatic nitrogens is 3. The predicted octanol–water partition coefficient (Wildman–Crippen LogP) is 7.39. The number of rotatable bonds is 11. The first-order valence-corrected chi connectivity index (χ1v) is 13.9. The van der Waals surface area contributed by atoms with Crippen molar-refractivity contribution in [2.45, 2.75) is 37.8 Å². The summed E-state index contributed by atoms with van der Waals surface area (Å²) in [5.41, 5.74) is 3.63. The minimum absolute atomic E-state index is 0.282. The number of ether oxygens (including phenoxy) is 2. The molecule has 0 saturated carbocycles. The number of halogens is 2. The first-order valence-electron chi connectivity index (χ1n) is 11.9. The monoisotopic (exact) mass is 616 g/mol. The van der Waals surface area contributed by atoms with E-state index in [9.17, 15) is 10.1 Å². The summed E-state index contributed by atoms with van der Waals surface area (Å²) in [6.07, 6.45) is 0. The lowest BCUT2D eigenvalue weighted by molar-refractivity contribution is -0.479. The zero-order valence-electron chi connectivity index (χ0n) is 21.1. The molecule has 0 aliphatic carbocycles. The van der Waals surface area contributed by atoms with Crippen LogP contribution in [0.3, 0.4) is 0 Å². The molecule has 1 aromatic heterocycles. The lowest BCUT2D eigenvalue weighted by Crippen LogP contribution is -2.12. The number of hydrogen-bond donors (Lipinski definition) is 0. The van der Waals surface area contributed by atoms with Gasteiger partial charge in [0.25, 0.3) is 0 Å². The molecule has 0 bridgehead atoms. The average Bonchev–Trinajstić information content (AvgIpc) is 3.23. The van der Waals surface area contributed by atoms with E-state index >= 15 is 0 Å². The molecule has 0 radical (unpaired) electrons. The van der Waals surface area contributed by atoms with Crippen LogP contribution in [0.2, 0.25) is 5.02 Å². The van der Waals surface area contributed by atoms with Crippen molar-refractivity contribution in [1.29, 1.82) is 0 Å². The van der Waals surface area contributed by atoms with Gasteiger partial charge in [0.2, 0.25) is 6.54 Å². The van der Waals surface area contributed by atoms with Crippen LogP contribution in [-0.4, -0.2) is 32.8 Å². The molecule has 0 aliphatic heterocycles. The first-order chi connectivity index (χ1) is 18.2. The van der Waals surface area contributed by atoms with Crippen LogP contribution < -0.4 is 9.47 Å². The van der Waals surface area contributed by atoms with Crippen LogP contribution in [0.15, 0.2) is 70.3 Å². The topological polar surface area (TPSA) is 92.3 Å². The van der Waals surface area contributed by atoms with Gasteiger partial charge in [-0.25, -0.2) is 0 Å². The maximum atomic E-state index is 11.7. The molecule has 0 unspecified atom stereocenters. The summed E-state index contributed by atoms with van der Waals surface area (Å²) in [5.74, 6) is 1.69. The molecule has 0 fully saturated rings. The van der Waals surface area contributed by atoms with Crippen LogP contribution >= 0.6 is 39.3 Å². The molecule has 11 heteroatoms. The van der Waals surface area contributed by atoms with E-state index in [2.05, 4.69) is 26.1 Å². The minimum Gasteiger partial charge on any atom is -0.490 e. The molecular formula is C27H26BrClN4O4S. The minimum atomic E-state index is -0.560. The molecule has 0 spiro atoms. The molecule has 0 aliphatic rings. The number of hydrogen-bond acceptors (Lipinski definition) is 7. The SMILES string of the molecule is CCOc1cc([C@H](C[N+](=O)[O-])Sc2nnc(C)n2-c2ccc(C)cc2)cc(Br)c1OCc1cccc(Cl)c1. The second-order valence-corrected chi connectivity index (χ2v) is 11.0. The third kappa shape index (κ3) is 6.86. The molecule has 38 heavy (non-hydrogen) atoms.